The summed E-state index contributed by atoms with van der Waals surface area (Å²) in [4.78, 5) is 26.8. The van der Waals surface area contributed by atoms with E-state index in [0.29, 0.717) is 59.5 Å². The first-order valence-corrected chi connectivity index (χ1v) is 9.38. The molecule has 0 spiro atoms. The molecule has 1 aliphatic rings. The number of nitrogens with one attached hydrogen (secondary N) is 1. The summed E-state index contributed by atoms with van der Waals surface area (Å²) in [7, 11) is 2.99. The van der Waals surface area contributed by atoms with Gasteiger partial charge in [0.25, 0.3) is 11.8 Å². The molecule has 2 aromatic rings. The van der Waals surface area contributed by atoms with Crippen molar-refractivity contribution in [3.8, 4) is 11.5 Å². The number of furan rings is 1. The highest BCUT2D eigenvalue weighted by atomic mass is 35.5. The second kappa shape index (κ2) is 8.56. The first kappa shape index (κ1) is 20.1. The van der Waals surface area contributed by atoms with Crippen molar-refractivity contribution in [2.45, 2.75) is 25.8 Å². The van der Waals surface area contributed by atoms with Crippen LogP contribution in [0.3, 0.4) is 0 Å². The Bertz CT molecular complexity index is 871. The Morgan fingerprint density at radius 3 is 2.46 bits per heavy atom. The third kappa shape index (κ3) is 4.25. The van der Waals surface area contributed by atoms with E-state index in [4.69, 9.17) is 25.5 Å². The Hall–Kier alpha value is -2.67. The van der Waals surface area contributed by atoms with Crippen molar-refractivity contribution in [2.75, 3.05) is 27.3 Å². The van der Waals surface area contributed by atoms with Crippen molar-refractivity contribution < 1.29 is 23.5 Å². The second-order valence-electron chi connectivity index (χ2n) is 6.64. The Morgan fingerprint density at radius 2 is 1.89 bits per heavy atom. The molecule has 1 fully saturated rings. The van der Waals surface area contributed by atoms with Crippen molar-refractivity contribution in [3.05, 3.63) is 46.4 Å². The van der Waals surface area contributed by atoms with Gasteiger partial charge in [0.15, 0.2) is 17.3 Å². The highest BCUT2D eigenvalue weighted by Crippen LogP contribution is 2.36. The van der Waals surface area contributed by atoms with Crippen molar-refractivity contribution in [1.29, 1.82) is 0 Å². The predicted octanol–water partition coefficient (Wildman–Crippen LogP) is 3.29. The smallest absolute Gasteiger partial charge is 0.287 e. The van der Waals surface area contributed by atoms with Crippen molar-refractivity contribution in [1.82, 2.24) is 10.2 Å². The quantitative estimate of drug-likeness (QED) is 0.824. The molecule has 1 N–H and O–H groups in total. The number of rotatable bonds is 5. The van der Waals surface area contributed by atoms with Gasteiger partial charge in [-0.25, -0.2) is 0 Å². The number of amides is 2. The molecule has 0 bridgehead atoms. The highest BCUT2D eigenvalue weighted by molar-refractivity contribution is 6.32. The molecule has 150 valence electrons. The molecule has 8 heteroatoms. The minimum atomic E-state index is -0.232. The van der Waals surface area contributed by atoms with E-state index in [1.165, 1.54) is 14.2 Å². The van der Waals surface area contributed by atoms with Crippen molar-refractivity contribution in [2.24, 2.45) is 0 Å². The van der Waals surface area contributed by atoms with E-state index in [2.05, 4.69) is 5.32 Å². The molecule has 0 radical (unpaired) electrons. The SMILES string of the molecule is COc1cc(C(=O)N2CCC(NC(=O)c3ccc(C)o3)CC2)cc(Cl)c1OC. The number of hydrogen-bond acceptors (Lipinski definition) is 5. The Balaban J connectivity index is 1.61. The molecule has 0 saturated carbocycles. The zero-order valence-corrected chi connectivity index (χ0v) is 16.8. The van der Waals surface area contributed by atoms with Crippen LogP contribution in [0.4, 0.5) is 0 Å². The number of ether oxygens (including phenoxy) is 2. The van der Waals surface area contributed by atoms with Crippen LogP contribution in [0, 0.1) is 6.92 Å². The molecule has 28 heavy (non-hydrogen) atoms. The van der Waals surface area contributed by atoms with Gasteiger partial charge in [0, 0.05) is 24.7 Å². The lowest BCUT2D eigenvalue weighted by atomic mass is 10.0. The number of piperidine rings is 1. The van der Waals surface area contributed by atoms with Crippen molar-refractivity contribution in [3.63, 3.8) is 0 Å². The fraction of sp³-hybridized carbons (Fsp3) is 0.400. The molecule has 2 heterocycles. The lowest BCUT2D eigenvalue weighted by Gasteiger charge is -2.32. The highest BCUT2D eigenvalue weighted by Gasteiger charge is 2.26. The van der Waals surface area contributed by atoms with Gasteiger partial charge >= 0.3 is 0 Å². The van der Waals surface area contributed by atoms with Gasteiger partial charge in [-0.1, -0.05) is 11.6 Å². The summed E-state index contributed by atoms with van der Waals surface area (Å²) in [6.45, 7) is 2.86. The monoisotopic (exact) mass is 406 g/mol. The first-order chi connectivity index (χ1) is 13.4. The van der Waals surface area contributed by atoms with Crippen LogP contribution >= 0.6 is 11.6 Å². The standard InChI is InChI=1S/C20H23ClN2O5/c1-12-4-5-16(28-12)19(24)22-14-6-8-23(9-7-14)20(25)13-10-15(21)18(27-3)17(11-13)26-2/h4-5,10-11,14H,6-9H2,1-3H3,(H,22,24). The maximum atomic E-state index is 12.8. The van der Waals surface area contributed by atoms with Gasteiger partial charge in [0.1, 0.15) is 5.76 Å². The minimum absolute atomic E-state index is 0.00375. The molecular formula is C20H23ClN2O5. The average molecular weight is 407 g/mol. The van der Waals surface area contributed by atoms with E-state index in [9.17, 15) is 9.59 Å². The number of likely N-dealkylation sites (tertiary alicyclic amines) is 1. The number of nitrogens with zero attached hydrogens (tertiary/aromatic N) is 1. The number of aryl methyl sites for hydroxylation is 1. The first-order valence-electron chi connectivity index (χ1n) is 9.01. The second-order valence-corrected chi connectivity index (χ2v) is 7.05. The number of hydrogen-bond donors (Lipinski definition) is 1. The van der Waals surface area contributed by atoms with Crippen LogP contribution < -0.4 is 14.8 Å². The number of methoxy groups -OCH3 is 2. The van der Waals surface area contributed by atoms with Gasteiger partial charge in [-0.2, -0.15) is 0 Å². The predicted molar refractivity (Wildman–Crippen MR) is 104 cm³/mol. The van der Waals surface area contributed by atoms with E-state index < -0.39 is 0 Å². The van der Waals surface area contributed by atoms with Crippen molar-refractivity contribution >= 4 is 23.4 Å². The Kier molecular flexibility index (Phi) is 6.14. The van der Waals surface area contributed by atoms with E-state index in [-0.39, 0.29) is 17.9 Å². The van der Waals surface area contributed by atoms with Gasteiger partial charge in [0.2, 0.25) is 0 Å². The van der Waals surface area contributed by atoms with E-state index in [1.54, 1.807) is 36.1 Å². The van der Waals surface area contributed by atoms with Crippen LogP contribution in [0.5, 0.6) is 11.5 Å². The molecule has 2 amide bonds. The van der Waals surface area contributed by atoms with Crippen LogP contribution in [0.2, 0.25) is 5.02 Å². The number of carbonyl (C=O) groups is 2. The van der Waals surface area contributed by atoms with Crippen LogP contribution in [-0.2, 0) is 0 Å². The molecule has 0 unspecified atom stereocenters. The van der Waals surface area contributed by atoms with Crippen LogP contribution in [0.25, 0.3) is 0 Å². The number of carbonyl (C=O) groups excluding carboxylic acids is 2. The summed E-state index contributed by atoms with van der Waals surface area (Å²) < 4.78 is 15.8. The van der Waals surface area contributed by atoms with Gasteiger partial charge < -0.3 is 24.1 Å². The molecular weight excluding hydrogens is 384 g/mol. The molecule has 0 aliphatic carbocycles. The summed E-state index contributed by atoms with van der Waals surface area (Å²) in [6.07, 6.45) is 1.33. The van der Waals surface area contributed by atoms with E-state index >= 15 is 0 Å². The number of halogens is 1. The molecule has 1 aliphatic heterocycles. The summed E-state index contributed by atoms with van der Waals surface area (Å²) in [5, 5.41) is 3.28. The summed E-state index contributed by atoms with van der Waals surface area (Å²) >= 11 is 6.20. The largest absolute Gasteiger partial charge is 0.493 e. The average Bonchev–Trinajstić information content (AvgIpc) is 3.13. The Labute approximate surface area is 168 Å². The normalized spacial score (nSPS) is 14.6. The van der Waals surface area contributed by atoms with E-state index in [0.717, 1.165) is 0 Å². The summed E-state index contributed by atoms with van der Waals surface area (Å²) in [5.41, 5.74) is 0.441. The van der Waals surface area contributed by atoms with Gasteiger partial charge in [0.05, 0.1) is 19.2 Å². The maximum absolute atomic E-state index is 12.8. The number of benzene rings is 1. The lowest BCUT2D eigenvalue weighted by Crippen LogP contribution is -2.46. The van der Waals surface area contributed by atoms with Crippen LogP contribution in [0.15, 0.2) is 28.7 Å². The molecule has 0 atom stereocenters. The molecule has 7 nitrogen and oxygen atoms in total. The molecule has 1 aromatic carbocycles. The zero-order chi connectivity index (χ0) is 20.3. The summed E-state index contributed by atoms with van der Waals surface area (Å²) in [6, 6.07) is 6.61. The lowest BCUT2D eigenvalue weighted by molar-refractivity contribution is 0.0695. The third-order valence-corrected chi connectivity index (χ3v) is 5.04. The minimum Gasteiger partial charge on any atom is -0.493 e. The zero-order valence-electron chi connectivity index (χ0n) is 16.1. The van der Waals surface area contributed by atoms with Crippen LogP contribution in [0.1, 0.15) is 39.5 Å². The topological polar surface area (TPSA) is 81.0 Å². The molecule has 1 aromatic heterocycles. The summed E-state index contributed by atoms with van der Waals surface area (Å²) in [5.74, 6) is 1.44. The third-order valence-electron chi connectivity index (χ3n) is 4.76. The maximum Gasteiger partial charge on any atom is 0.287 e. The fourth-order valence-electron chi connectivity index (χ4n) is 3.26. The molecule has 1 saturated heterocycles. The van der Waals surface area contributed by atoms with Gasteiger partial charge in [-0.05, 0) is 44.0 Å². The Morgan fingerprint density at radius 1 is 1.18 bits per heavy atom. The molecule has 3 rings (SSSR count). The van der Waals surface area contributed by atoms with E-state index in [1.807, 2.05) is 0 Å². The van der Waals surface area contributed by atoms with Gasteiger partial charge in [-0.3, -0.25) is 9.59 Å². The fourth-order valence-corrected chi connectivity index (χ4v) is 3.55. The van der Waals surface area contributed by atoms with Crippen LogP contribution in [-0.4, -0.2) is 50.1 Å². The van der Waals surface area contributed by atoms with Gasteiger partial charge in [-0.15, -0.1) is 0 Å².